The number of nitrogen functional groups attached to an aromatic ring is 1. The van der Waals surface area contributed by atoms with Crippen molar-refractivity contribution in [2.45, 2.75) is 48.5 Å². The van der Waals surface area contributed by atoms with Gasteiger partial charge in [0, 0.05) is 16.8 Å². The average Bonchev–Trinajstić information content (AvgIpc) is 2.67. The van der Waals surface area contributed by atoms with Crippen molar-refractivity contribution in [1.29, 1.82) is 0 Å². The number of nitrogens with one attached hydrogen (secondary N) is 2. The molecule has 0 spiro atoms. The third kappa shape index (κ3) is 10.9. The van der Waals surface area contributed by atoms with E-state index >= 15 is 0 Å². The number of carbonyl (C=O) groups excluding carboxylic acids is 2. The molecule has 0 unspecified atom stereocenters. The minimum atomic E-state index is -1.59. The van der Waals surface area contributed by atoms with Crippen molar-refractivity contribution in [3.05, 3.63) is 28.8 Å². The van der Waals surface area contributed by atoms with Crippen molar-refractivity contribution in [3.63, 3.8) is 0 Å². The maximum atomic E-state index is 10.5. The van der Waals surface area contributed by atoms with E-state index in [1.165, 1.54) is 39.3 Å². The molecule has 0 radical (unpaired) electrons. The van der Waals surface area contributed by atoms with Gasteiger partial charge in [-0.15, -0.1) is 0 Å². The van der Waals surface area contributed by atoms with Crippen molar-refractivity contribution < 1.29 is 29.6 Å². The normalized spacial score (nSPS) is 10.0. The van der Waals surface area contributed by atoms with Crippen molar-refractivity contribution in [3.8, 4) is 0 Å². The molecule has 0 aliphatic heterocycles. The number of anilines is 1. The number of aryl methyl sites for hydroxylation is 1. The highest BCUT2D eigenvalue weighted by molar-refractivity contribution is 6.01. The molecule has 4 N–H and O–H groups in total. The Labute approximate surface area is 170 Å². The van der Waals surface area contributed by atoms with Crippen LogP contribution < -0.4 is 25.7 Å². The zero-order valence-corrected chi connectivity index (χ0v) is 18.6. The van der Waals surface area contributed by atoms with Crippen molar-refractivity contribution >= 4 is 17.6 Å². The summed E-state index contributed by atoms with van der Waals surface area (Å²) in [5.41, 5.74) is 5.22. The number of carboxylic acids is 2. The van der Waals surface area contributed by atoms with Gasteiger partial charge >= 0.3 is 0 Å². The fourth-order valence-corrected chi connectivity index (χ4v) is 2.56. The summed E-state index contributed by atoms with van der Waals surface area (Å²) in [6.45, 7) is 22.5. The first-order valence-corrected chi connectivity index (χ1v) is 10.1. The Balaban J connectivity index is 0. The number of carboxylic acid groups (broad SMARTS) is 2. The molecule has 162 valence electrons. The lowest BCUT2D eigenvalue weighted by atomic mass is 10.0. The molecule has 1 aromatic rings. The van der Waals surface area contributed by atoms with Crippen LogP contribution in [0.25, 0.3) is 0 Å². The Bertz CT molecular complexity index is 521. The van der Waals surface area contributed by atoms with Gasteiger partial charge in [0.15, 0.2) is 0 Å². The van der Waals surface area contributed by atoms with E-state index in [9.17, 15) is 19.8 Å². The van der Waals surface area contributed by atoms with E-state index in [0.717, 1.165) is 12.1 Å². The lowest BCUT2D eigenvalue weighted by Gasteiger charge is -2.13. The van der Waals surface area contributed by atoms with Crippen LogP contribution in [0.5, 0.6) is 0 Å². The van der Waals surface area contributed by atoms with Gasteiger partial charge < -0.3 is 35.3 Å². The van der Waals surface area contributed by atoms with Gasteiger partial charge in [0.2, 0.25) is 0 Å². The molecule has 0 aliphatic carbocycles. The highest BCUT2D eigenvalue weighted by Gasteiger charge is 2.07. The summed E-state index contributed by atoms with van der Waals surface area (Å²) in [5.74, 6) is -3.15. The predicted molar refractivity (Wildman–Crippen MR) is 109 cm³/mol. The molecule has 0 saturated heterocycles. The number of hydrogen-bond donors (Lipinski definition) is 3. The second-order valence-corrected chi connectivity index (χ2v) is 6.45. The molecular formula is C21H39N3O4. The summed E-state index contributed by atoms with van der Waals surface area (Å²) in [6.07, 6.45) is 0. The Morgan fingerprint density at radius 2 is 1.04 bits per heavy atom. The molecule has 0 saturated carbocycles. The standard InChI is InChI=1S/C9H9NO4.2C6H15N/c1-4-2-5(8(11)12)6(9(13)14)3-7(4)10;2*1-4-7(5-2)6-3/h2-3H,10H2,1H3,(H,11,12)(H,13,14);2*4-6H2,1-3H3. The molecule has 28 heavy (non-hydrogen) atoms. The molecule has 0 amide bonds. The van der Waals surface area contributed by atoms with Crippen LogP contribution in [-0.2, 0) is 0 Å². The highest BCUT2D eigenvalue weighted by atomic mass is 16.4. The van der Waals surface area contributed by atoms with E-state index in [0.29, 0.717) is 5.56 Å². The lowest BCUT2D eigenvalue weighted by molar-refractivity contribution is -0.894. The maximum Gasteiger partial charge on any atom is 0.0742 e. The minimum Gasteiger partial charge on any atom is -0.545 e. The fraction of sp³-hybridized carbons (Fsp3) is 0.619. The molecule has 1 rings (SSSR count). The SMILES string of the molecule is CC[NH+](CC)CC.CC[NH+](CC)CC.Cc1cc(C(=O)[O-])c(C(=O)[O-])cc1N. The quantitative estimate of drug-likeness (QED) is 0.446. The first kappa shape index (κ1) is 28.1. The van der Waals surface area contributed by atoms with Crippen LogP contribution in [0.2, 0.25) is 0 Å². The second kappa shape index (κ2) is 15.9. The lowest BCUT2D eigenvalue weighted by Crippen LogP contribution is -3.11. The third-order valence-electron chi connectivity index (χ3n) is 4.85. The number of carbonyl (C=O) groups is 2. The first-order chi connectivity index (χ1) is 13.1. The Morgan fingerprint density at radius 3 is 1.25 bits per heavy atom. The molecule has 7 heteroatoms. The predicted octanol–water partition coefficient (Wildman–Crippen LogP) is -1.83. The van der Waals surface area contributed by atoms with Gasteiger partial charge in [-0.25, -0.2) is 0 Å². The number of rotatable bonds is 8. The zero-order chi connectivity index (χ0) is 22.3. The molecule has 7 nitrogen and oxygen atoms in total. The van der Waals surface area contributed by atoms with E-state index in [-0.39, 0.29) is 5.69 Å². The van der Waals surface area contributed by atoms with Crippen LogP contribution in [0.15, 0.2) is 12.1 Å². The van der Waals surface area contributed by atoms with Gasteiger partial charge in [0.05, 0.1) is 51.2 Å². The maximum absolute atomic E-state index is 10.5. The minimum absolute atomic E-state index is 0.203. The van der Waals surface area contributed by atoms with Gasteiger partial charge in [0.1, 0.15) is 0 Å². The summed E-state index contributed by atoms with van der Waals surface area (Å²) >= 11 is 0. The largest absolute Gasteiger partial charge is 0.545 e. The molecule has 0 atom stereocenters. The van der Waals surface area contributed by atoms with Crippen LogP contribution >= 0.6 is 0 Å². The zero-order valence-electron chi connectivity index (χ0n) is 18.6. The summed E-state index contributed by atoms with van der Waals surface area (Å²) in [5, 5.41) is 21.1. The molecule has 1 aromatic carbocycles. The Morgan fingerprint density at radius 1 is 0.750 bits per heavy atom. The van der Waals surface area contributed by atoms with Gasteiger partial charge in [-0.3, -0.25) is 0 Å². The van der Waals surface area contributed by atoms with Gasteiger partial charge in [0.25, 0.3) is 0 Å². The van der Waals surface area contributed by atoms with E-state index in [1.54, 1.807) is 16.7 Å². The number of hydrogen-bond acceptors (Lipinski definition) is 5. The monoisotopic (exact) mass is 397 g/mol. The number of benzene rings is 1. The second-order valence-electron chi connectivity index (χ2n) is 6.45. The summed E-state index contributed by atoms with van der Waals surface area (Å²) in [4.78, 5) is 24.4. The van der Waals surface area contributed by atoms with Crippen LogP contribution in [0.3, 0.4) is 0 Å². The number of quaternary nitrogens is 2. The van der Waals surface area contributed by atoms with E-state index < -0.39 is 23.1 Å². The summed E-state index contributed by atoms with van der Waals surface area (Å²) in [6, 6.07) is 2.20. The molecule has 0 fully saturated rings. The third-order valence-corrected chi connectivity index (χ3v) is 4.85. The van der Waals surface area contributed by atoms with Gasteiger partial charge in [-0.1, -0.05) is 0 Å². The smallest absolute Gasteiger partial charge is 0.0742 e. The van der Waals surface area contributed by atoms with Crippen LogP contribution in [0.1, 0.15) is 67.8 Å². The Kier molecular flexibility index (Phi) is 15.9. The molecule has 0 aliphatic rings. The van der Waals surface area contributed by atoms with Crippen molar-refractivity contribution in [2.75, 3.05) is 45.0 Å². The highest BCUT2D eigenvalue weighted by Crippen LogP contribution is 2.17. The fourth-order valence-electron chi connectivity index (χ4n) is 2.56. The molecule has 0 aromatic heterocycles. The molecule has 0 heterocycles. The molecule has 0 bridgehead atoms. The van der Waals surface area contributed by atoms with Crippen LogP contribution in [0.4, 0.5) is 5.69 Å². The summed E-state index contributed by atoms with van der Waals surface area (Å²) < 4.78 is 0. The van der Waals surface area contributed by atoms with E-state index in [1.807, 2.05) is 0 Å². The average molecular weight is 398 g/mol. The van der Waals surface area contributed by atoms with E-state index in [2.05, 4.69) is 41.5 Å². The first-order valence-electron chi connectivity index (χ1n) is 10.1. The number of aromatic carboxylic acids is 2. The van der Waals surface area contributed by atoms with E-state index in [4.69, 9.17) is 5.73 Å². The topological polar surface area (TPSA) is 115 Å². The van der Waals surface area contributed by atoms with Crippen LogP contribution in [0, 0.1) is 6.92 Å². The summed E-state index contributed by atoms with van der Waals surface area (Å²) in [7, 11) is 0. The van der Waals surface area contributed by atoms with Crippen molar-refractivity contribution in [2.24, 2.45) is 0 Å². The van der Waals surface area contributed by atoms with Crippen molar-refractivity contribution in [1.82, 2.24) is 0 Å². The molecular weight excluding hydrogens is 358 g/mol. The Hall–Kier alpha value is -2.12. The van der Waals surface area contributed by atoms with Gasteiger partial charge in [-0.2, -0.15) is 0 Å². The number of nitrogens with two attached hydrogens (primary N) is 1. The van der Waals surface area contributed by atoms with Gasteiger partial charge in [-0.05, 0) is 66.2 Å². The van der Waals surface area contributed by atoms with Crippen LogP contribution in [-0.4, -0.2) is 51.2 Å².